The van der Waals surface area contributed by atoms with Gasteiger partial charge in [0.25, 0.3) is 0 Å². The second-order valence-corrected chi connectivity index (χ2v) is 6.31. The fraction of sp³-hybridized carbons (Fsp3) is 0.385. The second-order valence-electron chi connectivity index (χ2n) is 4.41. The van der Waals surface area contributed by atoms with Gasteiger partial charge in [-0.1, -0.05) is 11.8 Å². The Labute approximate surface area is 116 Å². The minimum Gasteiger partial charge on any atom is -0.392 e. The first kappa shape index (κ1) is 14.9. The zero-order valence-corrected chi connectivity index (χ0v) is 11.4. The predicted octanol–water partition coefficient (Wildman–Crippen LogP) is -0.0752. The molecule has 0 aromatic heterocycles. The molecule has 1 atom stereocenters. The Balaban J connectivity index is 2.46. The van der Waals surface area contributed by atoms with Crippen molar-refractivity contribution in [2.24, 2.45) is 0 Å². The molecule has 20 heavy (non-hydrogen) atoms. The summed E-state index contributed by atoms with van der Waals surface area (Å²) >= 11 is 0. The maximum absolute atomic E-state index is 13.2. The average molecular weight is 299 g/mol. The number of aliphatic hydroxyl groups excluding tert-OH is 2. The fourth-order valence-corrected chi connectivity index (χ4v) is 3.65. The van der Waals surface area contributed by atoms with Gasteiger partial charge in [-0.15, -0.1) is 0 Å². The summed E-state index contributed by atoms with van der Waals surface area (Å²) in [5.41, 5.74) is 0.000407. The SMILES string of the molecule is O=S(=O)(c1ccc(F)cc1C#CCO)N1CCC(O)C1. The Kier molecular flexibility index (Phi) is 4.40. The van der Waals surface area contributed by atoms with Crippen molar-refractivity contribution in [3.63, 3.8) is 0 Å². The Bertz CT molecular complexity index is 663. The van der Waals surface area contributed by atoms with Crippen molar-refractivity contribution < 1.29 is 23.0 Å². The number of aliphatic hydroxyl groups is 2. The van der Waals surface area contributed by atoms with Crippen LogP contribution in [-0.2, 0) is 10.0 Å². The van der Waals surface area contributed by atoms with Gasteiger partial charge < -0.3 is 10.2 Å². The fourth-order valence-electron chi connectivity index (χ4n) is 2.03. The largest absolute Gasteiger partial charge is 0.392 e. The molecular formula is C13H14FNO4S. The highest BCUT2D eigenvalue weighted by atomic mass is 32.2. The Morgan fingerprint density at radius 1 is 1.45 bits per heavy atom. The molecule has 1 aromatic rings. The van der Waals surface area contributed by atoms with Gasteiger partial charge in [-0.3, -0.25) is 0 Å². The average Bonchev–Trinajstić information content (AvgIpc) is 2.83. The molecule has 0 saturated carbocycles. The minimum atomic E-state index is -3.83. The van der Waals surface area contributed by atoms with Crippen molar-refractivity contribution >= 4 is 10.0 Å². The molecule has 1 aromatic carbocycles. The molecule has 0 radical (unpaired) electrons. The summed E-state index contributed by atoms with van der Waals surface area (Å²) in [6.45, 7) is -0.210. The molecule has 1 unspecified atom stereocenters. The van der Waals surface area contributed by atoms with E-state index >= 15 is 0 Å². The van der Waals surface area contributed by atoms with E-state index in [1.807, 2.05) is 0 Å². The van der Waals surface area contributed by atoms with Crippen LogP contribution in [0.5, 0.6) is 0 Å². The third kappa shape index (κ3) is 2.99. The molecule has 1 fully saturated rings. The molecule has 0 spiro atoms. The van der Waals surface area contributed by atoms with E-state index in [0.29, 0.717) is 6.42 Å². The van der Waals surface area contributed by atoms with E-state index in [-0.39, 0.29) is 23.5 Å². The predicted molar refractivity (Wildman–Crippen MR) is 69.7 cm³/mol. The quantitative estimate of drug-likeness (QED) is 0.749. The summed E-state index contributed by atoms with van der Waals surface area (Å²) in [5, 5.41) is 18.1. The molecule has 1 saturated heterocycles. The maximum Gasteiger partial charge on any atom is 0.244 e. The number of hydrogen-bond donors (Lipinski definition) is 2. The van der Waals surface area contributed by atoms with Crippen LogP contribution in [0.25, 0.3) is 0 Å². The highest BCUT2D eigenvalue weighted by Crippen LogP contribution is 2.24. The Hall–Kier alpha value is -1.46. The van der Waals surface area contributed by atoms with Crippen molar-refractivity contribution in [1.82, 2.24) is 4.31 Å². The molecule has 0 amide bonds. The molecule has 2 rings (SSSR count). The number of nitrogens with zero attached hydrogens (tertiary/aromatic N) is 1. The molecule has 1 aliphatic heterocycles. The summed E-state index contributed by atoms with van der Waals surface area (Å²) in [6.07, 6.45) is -0.310. The van der Waals surface area contributed by atoms with Gasteiger partial charge in [0.15, 0.2) is 0 Å². The van der Waals surface area contributed by atoms with Gasteiger partial charge in [0.05, 0.1) is 11.0 Å². The number of halogens is 1. The normalized spacial score (nSPS) is 19.6. The highest BCUT2D eigenvalue weighted by molar-refractivity contribution is 7.89. The van der Waals surface area contributed by atoms with Crippen LogP contribution in [0, 0.1) is 17.7 Å². The van der Waals surface area contributed by atoms with Crippen LogP contribution < -0.4 is 0 Å². The third-order valence-corrected chi connectivity index (χ3v) is 4.91. The maximum atomic E-state index is 13.2. The minimum absolute atomic E-state index is 0.000407. The molecule has 7 heteroatoms. The van der Waals surface area contributed by atoms with E-state index in [9.17, 15) is 17.9 Å². The van der Waals surface area contributed by atoms with Crippen LogP contribution in [0.3, 0.4) is 0 Å². The van der Waals surface area contributed by atoms with Gasteiger partial charge in [0.1, 0.15) is 12.4 Å². The lowest BCUT2D eigenvalue weighted by Gasteiger charge is -2.16. The first-order valence-corrected chi connectivity index (χ1v) is 7.46. The first-order chi connectivity index (χ1) is 9.45. The van der Waals surface area contributed by atoms with Crippen molar-refractivity contribution in [1.29, 1.82) is 0 Å². The monoisotopic (exact) mass is 299 g/mol. The molecule has 1 heterocycles. The smallest absolute Gasteiger partial charge is 0.244 e. The number of benzene rings is 1. The topological polar surface area (TPSA) is 77.8 Å². The second kappa shape index (κ2) is 5.89. The zero-order chi connectivity index (χ0) is 14.8. The van der Waals surface area contributed by atoms with Crippen LogP contribution in [0.4, 0.5) is 4.39 Å². The van der Waals surface area contributed by atoms with Gasteiger partial charge in [-0.2, -0.15) is 4.31 Å². The number of β-amino-alcohol motifs (C(OH)–C–C–N with tert-alkyl or cyclic N) is 1. The van der Waals surface area contributed by atoms with Crippen molar-refractivity contribution in [3.05, 3.63) is 29.6 Å². The van der Waals surface area contributed by atoms with Crippen LogP contribution in [0.2, 0.25) is 0 Å². The van der Waals surface area contributed by atoms with Gasteiger partial charge >= 0.3 is 0 Å². The number of sulfonamides is 1. The number of hydrogen-bond acceptors (Lipinski definition) is 4. The van der Waals surface area contributed by atoms with Crippen molar-refractivity contribution in [2.45, 2.75) is 17.4 Å². The Morgan fingerprint density at radius 3 is 2.80 bits per heavy atom. The van der Waals surface area contributed by atoms with E-state index in [4.69, 9.17) is 5.11 Å². The van der Waals surface area contributed by atoms with Crippen molar-refractivity contribution in [3.8, 4) is 11.8 Å². The van der Waals surface area contributed by atoms with E-state index < -0.39 is 28.6 Å². The standard InChI is InChI=1S/C13H14FNO4S/c14-11-3-4-13(10(8-11)2-1-7-16)20(18,19)15-6-5-12(17)9-15/h3-4,8,12,16-17H,5-7,9H2. The van der Waals surface area contributed by atoms with Gasteiger partial charge in [0.2, 0.25) is 10.0 Å². The third-order valence-electron chi connectivity index (χ3n) is 2.99. The van der Waals surface area contributed by atoms with Crippen molar-refractivity contribution in [2.75, 3.05) is 19.7 Å². The van der Waals surface area contributed by atoms with Crippen LogP contribution in [0.15, 0.2) is 23.1 Å². The Morgan fingerprint density at radius 2 is 2.20 bits per heavy atom. The molecule has 0 aliphatic carbocycles. The molecule has 2 N–H and O–H groups in total. The lowest BCUT2D eigenvalue weighted by atomic mass is 10.2. The zero-order valence-electron chi connectivity index (χ0n) is 10.6. The summed E-state index contributed by atoms with van der Waals surface area (Å²) in [5.74, 6) is 4.14. The summed E-state index contributed by atoms with van der Waals surface area (Å²) in [4.78, 5) is -0.117. The first-order valence-electron chi connectivity index (χ1n) is 6.02. The van der Waals surface area contributed by atoms with Crippen LogP contribution >= 0.6 is 0 Å². The summed E-state index contributed by atoms with van der Waals surface area (Å²) in [6, 6.07) is 3.21. The molecule has 5 nitrogen and oxygen atoms in total. The lowest BCUT2D eigenvalue weighted by Crippen LogP contribution is -2.30. The van der Waals surface area contributed by atoms with E-state index in [1.165, 1.54) is 0 Å². The van der Waals surface area contributed by atoms with E-state index in [0.717, 1.165) is 22.5 Å². The van der Waals surface area contributed by atoms with Gasteiger partial charge in [-0.05, 0) is 24.6 Å². The van der Waals surface area contributed by atoms with E-state index in [2.05, 4.69) is 11.8 Å². The summed E-state index contributed by atoms with van der Waals surface area (Å²) in [7, 11) is -3.83. The van der Waals surface area contributed by atoms with Crippen LogP contribution in [-0.4, -0.2) is 48.7 Å². The van der Waals surface area contributed by atoms with Crippen LogP contribution in [0.1, 0.15) is 12.0 Å². The number of rotatable bonds is 2. The molecular weight excluding hydrogens is 285 g/mol. The summed E-state index contributed by atoms with van der Waals surface area (Å²) < 4.78 is 39.2. The highest BCUT2D eigenvalue weighted by Gasteiger charge is 2.32. The van der Waals surface area contributed by atoms with Gasteiger partial charge in [0, 0.05) is 18.7 Å². The van der Waals surface area contributed by atoms with E-state index in [1.54, 1.807) is 0 Å². The lowest BCUT2D eigenvalue weighted by molar-refractivity contribution is 0.189. The molecule has 0 bridgehead atoms. The van der Waals surface area contributed by atoms with Gasteiger partial charge in [-0.25, -0.2) is 12.8 Å². The molecule has 108 valence electrons. The molecule has 1 aliphatic rings.